The lowest BCUT2D eigenvalue weighted by Gasteiger charge is -2.00. The largest absolute Gasteiger partial charge is 0.331 e. The van der Waals surface area contributed by atoms with Crippen LogP contribution >= 0.6 is 23.6 Å². The Morgan fingerprint density at radius 2 is 2.25 bits per heavy atom. The quantitative estimate of drug-likeness (QED) is 0.705. The van der Waals surface area contributed by atoms with Gasteiger partial charge < -0.3 is 9.55 Å². The van der Waals surface area contributed by atoms with Crippen molar-refractivity contribution in [1.29, 1.82) is 0 Å². The predicted molar refractivity (Wildman–Crippen MR) is 68.3 cm³/mol. The maximum Gasteiger partial charge on any atom is 0.178 e. The Morgan fingerprint density at radius 3 is 3.06 bits per heavy atom. The number of rotatable bonds is 2. The van der Waals surface area contributed by atoms with Crippen LogP contribution in [-0.2, 0) is 6.54 Å². The average molecular weight is 247 g/mol. The smallest absolute Gasteiger partial charge is 0.178 e. The van der Waals surface area contributed by atoms with Gasteiger partial charge in [-0.25, -0.2) is 4.98 Å². The average Bonchev–Trinajstić information content (AvgIpc) is 2.89. The van der Waals surface area contributed by atoms with E-state index >= 15 is 0 Å². The zero-order chi connectivity index (χ0) is 11.0. The van der Waals surface area contributed by atoms with Crippen molar-refractivity contribution in [3.8, 4) is 0 Å². The number of fused-ring (bicyclic) bond motifs is 1. The highest BCUT2D eigenvalue weighted by atomic mass is 32.1. The second kappa shape index (κ2) is 3.84. The Morgan fingerprint density at radius 1 is 1.38 bits per heavy atom. The number of hydrogen-bond acceptors (Lipinski definition) is 3. The van der Waals surface area contributed by atoms with Gasteiger partial charge in [0.05, 0.1) is 28.8 Å². The van der Waals surface area contributed by atoms with Crippen molar-refractivity contribution in [3.63, 3.8) is 0 Å². The predicted octanol–water partition coefficient (Wildman–Crippen LogP) is 3.20. The molecule has 1 aromatic carbocycles. The van der Waals surface area contributed by atoms with Crippen LogP contribution in [0.15, 0.2) is 35.2 Å². The van der Waals surface area contributed by atoms with Crippen LogP contribution in [0.2, 0.25) is 0 Å². The van der Waals surface area contributed by atoms with Gasteiger partial charge in [0.2, 0.25) is 0 Å². The lowest BCUT2D eigenvalue weighted by molar-refractivity contribution is 0.791. The second-order valence-electron chi connectivity index (χ2n) is 3.51. The van der Waals surface area contributed by atoms with E-state index in [1.807, 2.05) is 29.1 Å². The van der Waals surface area contributed by atoms with Crippen molar-refractivity contribution in [2.24, 2.45) is 0 Å². The molecule has 0 aliphatic carbocycles. The fourth-order valence-corrected chi connectivity index (χ4v) is 2.56. The number of hydrogen-bond donors (Lipinski definition) is 1. The Hall–Kier alpha value is -1.46. The van der Waals surface area contributed by atoms with Gasteiger partial charge in [-0.05, 0) is 24.4 Å². The summed E-state index contributed by atoms with van der Waals surface area (Å²) in [5, 5.41) is 2.05. The van der Waals surface area contributed by atoms with Crippen LogP contribution in [0.5, 0.6) is 0 Å². The molecule has 0 atom stereocenters. The Bertz CT molecular complexity index is 664. The molecule has 0 unspecified atom stereocenters. The summed E-state index contributed by atoms with van der Waals surface area (Å²) in [5.74, 6) is 0. The number of thiazole rings is 1. The molecule has 0 aliphatic rings. The Balaban J connectivity index is 2.16. The molecular formula is C11H9N3S2. The number of imidazole rings is 1. The molecule has 3 rings (SSSR count). The molecule has 3 nitrogen and oxygen atoms in total. The lowest BCUT2D eigenvalue weighted by Crippen LogP contribution is -1.99. The first-order valence-corrected chi connectivity index (χ1v) is 6.24. The number of H-pyrrole nitrogens is 1. The van der Waals surface area contributed by atoms with Crippen molar-refractivity contribution in [3.05, 3.63) is 45.6 Å². The molecule has 2 heterocycles. The van der Waals surface area contributed by atoms with E-state index in [1.165, 1.54) is 0 Å². The summed E-state index contributed by atoms with van der Waals surface area (Å²) in [4.78, 5) is 7.47. The van der Waals surface area contributed by atoms with E-state index in [1.54, 1.807) is 11.3 Å². The maximum atomic E-state index is 5.31. The number of aromatic amines is 1. The number of aromatic nitrogens is 3. The summed E-state index contributed by atoms with van der Waals surface area (Å²) in [7, 11) is 0. The third kappa shape index (κ3) is 1.58. The van der Waals surface area contributed by atoms with Crippen molar-refractivity contribution in [2.75, 3.05) is 0 Å². The first kappa shape index (κ1) is 9.74. The normalized spacial score (nSPS) is 11.0. The summed E-state index contributed by atoms with van der Waals surface area (Å²) in [6, 6.07) is 8.11. The molecule has 0 saturated carbocycles. The van der Waals surface area contributed by atoms with Gasteiger partial charge in [-0.1, -0.05) is 12.1 Å². The summed E-state index contributed by atoms with van der Waals surface area (Å²) in [6.07, 6.45) is 0. The van der Waals surface area contributed by atoms with E-state index in [0.717, 1.165) is 28.0 Å². The molecule has 0 amide bonds. The monoisotopic (exact) mass is 247 g/mol. The molecule has 2 aromatic heterocycles. The minimum absolute atomic E-state index is 0.729. The summed E-state index contributed by atoms with van der Waals surface area (Å²) < 4.78 is 2.81. The van der Waals surface area contributed by atoms with Gasteiger partial charge in [0.15, 0.2) is 4.77 Å². The van der Waals surface area contributed by atoms with Gasteiger partial charge >= 0.3 is 0 Å². The van der Waals surface area contributed by atoms with Gasteiger partial charge in [-0.3, -0.25) is 0 Å². The zero-order valence-corrected chi connectivity index (χ0v) is 10.0. The zero-order valence-electron chi connectivity index (χ0n) is 8.38. The molecule has 0 spiro atoms. The fourth-order valence-electron chi connectivity index (χ4n) is 1.74. The summed E-state index contributed by atoms with van der Waals surface area (Å²) in [6.45, 7) is 0.729. The van der Waals surface area contributed by atoms with Gasteiger partial charge in [0.1, 0.15) is 0 Å². The fraction of sp³-hybridized carbons (Fsp3) is 0.0909. The molecule has 5 heteroatoms. The van der Waals surface area contributed by atoms with Gasteiger partial charge in [-0.2, -0.15) is 0 Å². The van der Waals surface area contributed by atoms with Crippen molar-refractivity contribution in [1.82, 2.24) is 14.5 Å². The second-order valence-corrected chi connectivity index (χ2v) is 4.62. The minimum atomic E-state index is 0.729. The topological polar surface area (TPSA) is 33.6 Å². The lowest BCUT2D eigenvalue weighted by atomic mass is 10.3. The van der Waals surface area contributed by atoms with Crippen molar-refractivity contribution in [2.45, 2.75) is 6.54 Å². The number of nitrogens with one attached hydrogen (secondary N) is 1. The highest BCUT2D eigenvalue weighted by Crippen LogP contribution is 2.15. The van der Waals surface area contributed by atoms with Gasteiger partial charge in [0.25, 0.3) is 0 Å². The first-order valence-electron chi connectivity index (χ1n) is 4.89. The van der Waals surface area contributed by atoms with E-state index in [-0.39, 0.29) is 0 Å². The van der Waals surface area contributed by atoms with Crippen molar-refractivity contribution >= 4 is 34.6 Å². The highest BCUT2D eigenvalue weighted by Gasteiger charge is 2.04. The molecule has 0 aliphatic heterocycles. The van der Waals surface area contributed by atoms with Crippen LogP contribution in [0.4, 0.5) is 0 Å². The van der Waals surface area contributed by atoms with E-state index in [4.69, 9.17) is 12.2 Å². The van der Waals surface area contributed by atoms with Crippen LogP contribution in [-0.4, -0.2) is 14.5 Å². The van der Waals surface area contributed by atoms with Crippen LogP contribution in [0, 0.1) is 4.77 Å². The van der Waals surface area contributed by atoms with Crippen LogP contribution < -0.4 is 0 Å². The molecule has 0 saturated heterocycles. The molecule has 3 aromatic rings. The van der Waals surface area contributed by atoms with E-state index in [9.17, 15) is 0 Å². The number of benzene rings is 1. The van der Waals surface area contributed by atoms with E-state index < -0.39 is 0 Å². The Labute approximate surface area is 101 Å². The third-order valence-electron chi connectivity index (χ3n) is 2.49. The summed E-state index contributed by atoms with van der Waals surface area (Å²) in [5.41, 5.74) is 5.09. The third-order valence-corrected chi connectivity index (χ3v) is 3.44. The van der Waals surface area contributed by atoms with Gasteiger partial charge in [0, 0.05) is 5.38 Å². The number of para-hydroxylation sites is 2. The summed E-state index contributed by atoms with van der Waals surface area (Å²) >= 11 is 6.91. The molecule has 16 heavy (non-hydrogen) atoms. The minimum Gasteiger partial charge on any atom is -0.331 e. The van der Waals surface area contributed by atoms with Crippen LogP contribution in [0.3, 0.4) is 0 Å². The molecular weight excluding hydrogens is 238 g/mol. The molecule has 0 fully saturated rings. The Kier molecular flexibility index (Phi) is 2.34. The van der Waals surface area contributed by atoms with Crippen molar-refractivity contribution < 1.29 is 0 Å². The van der Waals surface area contributed by atoms with E-state index in [0.29, 0.717) is 0 Å². The first-order chi connectivity index (χ1) is 7.84. The SMILES string of the molecule is S=c1[nH]c2ccccc2n1Cc1cscn1. The highest BCUT2D eigenvalue weighted by molar-refractivity contribution is 7.71. The van der Waals surface area contributed by atoms with Crippen LogP contribution in [0.1, 0.15) is 5.69 Å². The standard InChI is InChI=1S/C11H9N3S2/c15-11-13-9-3-1-2-4-10(9)14(11)5-8-6-16-7-12-8/h1-4,6-7H,5H2,(H,13,15). The molecule has 80 valence electrons. The maximum absolute atomic E-state index is 5.31. The molecule has 0 radical (unpaired) electrons. The molecule has 1 N–H and O–H groups in total. The van der Waals surface area contributed by atoms with Crippen LogP contribution in [0.25, 0.3) is 11.0 Å². The number of nitrogens with zero attached hydrogens (tertiary/aromatic N) is 2. The van der Waals surface area contributed by atoms with E-state index in [2.05, 4.69) is 20.6 Å². The van der Waals surface area contributed by atoms with Gasteiger partial charge in [-0.15, -0.1) is 11.3 Å². The molecule has 0 bridgehead atoms.